The Balaban J connectivity index is 2.60. The van der Waals surface area contributed by atoms with Crippen LogP contribution in [0.4, 0.5) is 0 Å². The fourth-order valence-electron chi connectivity index (χ4n) is 1.34. The maximum atomic E-state index is 11.8. The van der Waals surface area contributed by atoms with E-state index in [1.165, 1.54) is 0 Å². The number of hydrogen-bond donors (Lipinski definition) is 0. The van der Waals surface area contributed by atoms with E-state index in [0.717, 1.165) is 18.4 Å². The lowest BCUT2D eigenvalue weighted by atomic mass is 10.1. The van der Waals surface area contributed by atoms with E-state index in [0.29, 0.717) is 5.92 Å². The second-order valence-corrected chi connectivity index (χ2v) is 6.01. The second kappa shape index (κ2) is 6.17. The molecule has 0 fully saturated rings. The molecule has 0 bridgehead atoms. The van der Waals surface area contributed by atoms with Crippen molar-refractivity contribution in [3.8, 4) is 0 Å². The van der Waals surface area contributed by atoms with Gasteiger partial charge in [0.05, 0.1) is 11.5 Å². The van der Waals surface area contributed by atoms with Gasteiger partial charge in [0.25, 0.3) is 10.1 Å². The van der Waals surface area contributed by atoms with Crippen molar-refractivity contribution in [3.63, 3.8) is 0 Å². The Kier molecular flexibility index (Phi) is 5.15. The first-order chi connectivity index (χ1) is 7.95. The van der Waals surface area contributed by atoms with E-state index < -0.39 is 10.1 Å². The summed E-state index contributed by atoms with van der Waals surface area (Å²) in [6.07, 6.45) is 1.80. The van der Waals surface area contributed by atoms with Crippen molar-refractivity contribution in [2.24, 2.45) is 5.92 Å². The van der Waals surface area contributed by atoms with Crippen molar-refractivity contribution in [3.05, 3.63) is 29.8 Å². The Bertz CT molecular complexity index is 434. The highest BCUT2D eigenvalue weighted by molar-refractivity contribution is 7.86. The Morgan fingerprint density at radius 3 is 2.35 bits per heavy atom. The van der Waals surface area contributed by atoms with E-state index in [-0.39, 0.29) is 11.5 Å². The van der Waals surface area contributed by atoms with Crippen LogP contribution in [0.25, 0.3) is 0 Å². The molecule has 0 amide bonds. The molecule has 17 heavy (non-hydrogen) atoms. The van der Waals surface area contributed by atoms with E-state index in [9.17, 15) is 8.42 Å². The average molecular weight is 256 g/mol. The average Bonchev–Trinajstić information content (AvgIpc) is 2.29. The minimum atomic E-state index is -3.58. The summed E-state index contributed by atoms with van der Waals surface area (Å²) in [6.45, 7) is 6.34. The summed E-state index contributed by atoms with van der Waals surface area (Å²) in [5.41, 5.74) is 1.03. The first-order valence-corrected chi connectivity index (χ1v) is 7.32. The molecule has 0 aliphatic rings. The van der Waals surface area contributed by atoms with Crippen molar-refractivity contribution in [1.29, 1.82) is 0 Å². The Labute approximate surface area is 104 Å². The van der Waals surface area contributed by atoms with Crippen LogP contribution in [0.2, 0.25) is 0 Å². The third-order valence-corrected chi connectivity index (χ3v) is 4.18. The minimum Gasteiger partial charge on any atom is -0.266 e. The highest BCUT2D eigenvalue weighted by Crippen LogP contribution is 2.15. The summed E-state index contributed by atoms with van der Waals surface area (Å²) in [5, 5.41) is 0. The van der Waals surface area contributed by atoms with E-state index in [1.54, 1.807) is 24.3 Å². The molecule has 0 saturated carbocycles. The van der Waals surface area contributed by atoms with Crippen molar-refractivity contribution in [2.75, 3.05) is 6.61 Å². The molecule has 0 spiro atoms. The fourth-order valence-corrected chi connectivity index (χ4v) is 2.26. The predicted molar refractivity (Wildman–Crippen MR) is 68.4 cm³/mol. The molecular weight excluding hydrogens is 236 g/mol. The molecule has 0 saturated heterocycles. The van der Waals surface area contributed by atoms with Crippen LogP contribution in [0.5, 0.6) is 0 Å². The van der Waals surface area contributed by atoms with Crippen LogP contribution in [-0.2, 0) is 14.3 Å². The van der Waals surface area contributed by atoms with Crippen molar-refractivity contribution < 1.29 is 12.6 Å². The van der Waals surface area contributed by atoms with Gasteiger partial charge < -0.3 is 0 Å². The molecule has 3 nitrogen and oxygen atoms in total. The molecule has 0 aliphatic carbocycles. The van der Waals surface area contributed by atoms with E-state index in [1.807, 2.05) is 6.92 Å². The van der Waals surface area contributed by atoms with Crippen molar-refractivity contribution in [2.45, 2.75) is 38.5 Å². The van der Waals surface area contributed by atoms with E-state index >= 15 is 0 Å². The van der Waals surface area contributed by atoms with Gasteiger partial charge in [-0.25, -0.2) is 0 Å². The Hall–Kier alpha value is -0.870. The van der Waals surface area contributed by atoms with Gasteiger partial charge in [-0.2, -0.15) is 8.42 Å². The molecule has 4 heteroatoms. The van der Waals surface area contributed by atoms with Crippen LogP contribution in [0.1, 0.15) is 32.3 Å². The van der Waals surface area contributed by atoms with Gasteiger partial charge in [0, 0.05) is 0 Å². The number of rotatable bonds is 6. The van der Waals surface area contributed by atoms with Crippen molar-refractivity contribution >= 4 is 10.1 Å². The fraction of sp³-hybridized carbons (Fsp3) is 0.538. The maximum absolute atomic E-state index is 11.8. The van der Waals surface area contributed by atoms with Crippen LogP contribution in [0.15, 0.2) is 29.2 Å². The number of benzene rings is 1. The lowest BCUT2D eigenvalue weighted by Crippen LogP contribution is -2.09. The van der Waals surface area contributed by atoms with E-state index in [4.69, 9.17) is 4.18 Å². The molecule has 1 rings (SSSR count). The normalized spacial score (nSPS) is 13.6. The molecule has 0 aliphatic heterocycles. The summed E-state index contributed by atoms with van der Waals surface area (Å²) < 4.78 is 28.6. The van der Waals surface area contributed by atoms with Crippen LogP contribution >= 0.6 is 0 Å². The summed E-state index contributed by atoms with van der Waals surface area (Å²) in [6, 6.07) is 6.69. The molecule has 1 atom stereocenters. The van der Waals surface area contributed by atoms with Crippen molar-refractivity contribution in [1.82, 2.24) is 0 Å². The molecule has 0 N–H and O–H groups in total. The molecule has 96 valence electrons. The molecule has 1 aromatic rings. The zero-order valence-corrected chi connectivity index (χ0v) is 11.5. The van der Waals surface area contributed by atoms with E-state index in [2.05, 4.69) is 13.8 Å². The van der Waals surface area contributed by atoms with Gasteiger partial charge in [-0.3, -0.25) is 4.18 Å². The molecular formula is C13H20O3S. The van der Waals surface area contributed by atoms with Gasteiger partial charge >= 0.3 is 0 Å². The first kappa shape index (κ1) is 14.2. The first-order valence-electron chi connectivity index (χ1n) is 5.92. The lowest BCUT2D eigenvalue weighted by molar-refractivity contribution is 0.285. The summed E-state index contributed by atoms with van der Waals surface area (Å²) in [7, 11) is -3.58. The number of aryl methyl sites for hydroxylation is 1. The predicted octanol–water partition coefficient (Wildman–Crippen LogP) is 3.14. The van der Waals surface area contributed by atoms with Crippen LogP contribution in [0.3, 0.4) is 0 Å². The van der Waals surface area contributed by atoms with Gasteiger partial charge in [0.1, 0.15) is 0 Å². The highest BCUT2D eigenvalue weighted by atomic mass is 32.2. The zero-order valence-electron chi connectivity index (χ0n) is 10.6. The van der Waals surface area contributed by atoms with Gasteiger partial charge in [0.2, 0.25) is 0 Å². The van der Waals surface area contributed by atoms with Crippen LogP contribution in [0, 0.1) is 12.8 Å². The van der Waals surface area contributed by atoms with Gasteiger partial charge in [-0.05, 0) is 31.4 Å². The van der Waals surface area contributed by atoms with Crippen LogP contribution in [-0.4, -0.2) is 15.0 Å². The zero-order chi connectivity index (χ0) is 12.9. The third-order valence-electron chi connectivity index (χ3n) is 2.86. The smallest absolute Gasteiger partial charge is 0.266 e. The molecule has 0 unspecified atom stereocenters. The molecule has 1 aromatic carbocycles. The second-order valence-electron chi connectivity index (χ2n) is 4.39. The molecule has 0 radical (unpaired) electrons. The topological polar surface area (TPSA) is 43.4 Å². The highest BCUT2D eigenvalue weighted by Gasteiger charge is 2.14. The number of hydrogen-bond acceptors (Lipinski definition) is 3. The quantitative estimate of drug-likeness (QED) is 0.734. The lowest BCUT2D eigenvalue weighted by Gasteiger charge is -2.09. The maximum Gasteiger partial charge on any atom is 0.296 e. The Morgan fingerprint density at radius 1 is 1.24 bits per heavy atom. The minimum absolute atomic E-state index is 0.229. The van der Waals surface area contributed by atoms with Gasteiger partial charge in [0.15, 0.2) is 0 Å². The molecule has 0 aromatic heterocycles. The largest absolute Gasteiger partial charge is 0.296 e. The summed E-state index contributed by atoms with van der Waals surface area (Å²) in [4.78, 5) is 0.229. The third kappa shape index (κ3) is 4.48. The SMILES string of the molecule is CC[C@H](C)CCOS(=O)(=O)c1ccc(C)cc1. The summed E-state index contributed by atoms with van der Waals surface area (Å²) >= 11 is 0. The van der Waals surface area contributed by atoms with Crippen LogP contribution < -0.4 is 0 Å². The molecule has 0 heterocycles. The standard InChI is InChI=1S/C13H20O3S/c1-4-11(2)9-10-16-17(14,15)13-7-5-12(3)6-8-13/h5-8,11H,4,9-10H2,1-3H3/t11-/m0/s1. The Morgan fingerprint density at radius 2 is 1.82 bits per heavy atom. The monoisotopic (exact) mass is 256 g/mol. The summed E-state index contributed by atoms with van der Waals surface area (Å²) in [5.74, 6) is 0.489. The van der Waals surface area contributed by atoms with Gasteiger partial charge in [-0.1, -0.05) is 38.0 Å². The van der Waals surface area contributed by atoms with Gasteiger partial charge in [-0.15, -0.1) is 0 Å².